The number of rotatable bonds is 5. The fraction of sp³-hybridized carbons (Fsp3) is 0.545. The van der Waals surface area contributed by atoms with Crippen LogP contribution in [0, 0.1) is 25.7 Å². The molecular formula is C22H30N4O2. The van der Waals surface area contributed by atoms with Crippen molar-refractivity contribution in [3.8, 4) is 5.75 Å². The first-order valence-electron chi connectivity index (χ1n) is 10.1. The lowest BCUT2D eigenvalue weighted by atomic mass is 9.77. The zero-order valence-electron chi connectivity index (χ0n) is 16.9. The minimum atomic E-state index is -0.340. The van der Waals surface area contributed by atoms with E-state index in [1.54, 1.807) is 25.7 Å². The first-order valence-corrected chi connectivity index (χ1v) is 10.1. The Balaban J connectivity index is 1.40. The zero-order valence-corrected chi connectivity index (χ0v) is 16.9. The van der Waals surface area contributed by atoms with Crippen molar-refractivity contribution in [3.63, 3.8) is 0 Å². The van der Waals surface area contributed by atoms with Crippen LogP contribution in [0.15, 0.2) is 30.7 Å². The SMILES string of the molecule is COc1cc(C)c(CN2C[C@H]3C[C@@H](Nc4cnccn4)[C@H](O)C[C@H]3C2)cc1C. The number of aliphatic hydroxyl groups excluding tert-OH is 1. The smallest absolute Gasteiger partial charge is 0.144 e. The van der Waals surface area contributed by atoms with Crippen molar-refractivity contribution in [2.24, 2.45) is 11.8 Å². The highest BCUT2D eigenvalue weighted by Crippen LogP contribution is 2.38. The maximum atomic E-state index is 10.6. The summed E-state index contributed by atoms with van der Waals surface area (Å²) >= 11 is 0. The van der Waals surface area contributed by atoms with Crippen molar-refractivity contribution in [1.82, 2.24) is 14.9 Å². The van der Waals surface area contributed by atoms with Gasteiger partial charge in [0.25, 0.3) is 0 Å². The fourth-order valence-electron chi connectivity index (χ4n) is 4.86. The average Bonchev–Trinajstić information content (AvgIpc) is 3.06. The van der Waals surface area contributed by atoms with Crippen LogP contribution in [0.3, 0.4) is 0 Å². The van der Waals surface area contributed by atoms with Gasteiger partial charge in [-0.05, 0) is 61.3 Å². The molecule has 1 saturated carbocycles. The molecule has 2 heterocycles. The molecule has 150 valence electrons. The lowest BCUT2D eigenvalue weighted by Gasteiger charge is -2.35. The van der Waals surface area contributed by atoms with E-state index < -0.39 is 0 Å². The van der Waals surface area contributed by atoms with Crippen LogP contribution in [0.5, 0.6) is 5.75 Å². The normalized spacial score (nSPS) is 27.4. The fourth-order valence-corrected chi connectivity index (χ4v) is 4.86. The number of nitrogens with one attached hydrogen (secondary N) is 1. The first-order chi connectivity index (χ1) is 13.5. The summed E-state index contributed by atoms with van der Waals surface area (Å²) in [6.45, 7) is 7.36. The van der Waals surface area contributed by atoms with Gasteiger partial charge in [0.15, 0.2) is 0 Å². The summed E-state index contributed by atoms with van der Waals surface area (Å²) in [4.78, 5) is 10.9. The highest BCUT2D eigenvalue weighted by atomic mass is 16.5. The summed E-state index contributed by atoms with van der Waals surface area (Å²) < 4.78 is 5.44. The van der Waals surface area contributed by atoms with Crippen molar-refractivity contribution in [3.05, 3.63) is 47.4 Å². The predicted octanol–water partition coefficient (Wildman–Crippen LogP) is 2.79. The molecule has 4 rings (SSSR count). The Bertz CT molecular complexity index is 814. The van der Waals surface area contributed by atoms with E-state index in [2.05, 4.69) is 46.2 Å². The van der Waals surface area contributed by atoms with Gasteiger partial charge in [0.2, 0.25) is 0 Å². The zero-order chi connectivity index (χ0) is 19.7. The number of benzene rings is 1. The van der Waals surface area contributed by atoms with Crippen LogP contribution >= 0.6 is 0 Å². The number of hydrogen-bond donors (Lipinski definition) is 2. The number of nitrogens with zero attached hydrogens (tertiary/aromatic N) is 3. The summed E-state index contributed by atoms with van der Waals surface area (Å²) in [5, 5.41) is 14.0. The van der Waals surface area contributed by atoms with Gasteiger partial charge in [-0.1, -0.05) is 6.07 Å². The molecule has 0 bridgehead atoms. The molecule has 2 aliphatic rings. The van der Waals surface area contributed by atoms with E-state index in [0.717, 1.165) is 44.0 Å². The van der Waals surface area contributed by atoms with Crippen LogP contribution in [0.4, 0.5) is 5.82 Å². The number of ether oxygens (including phenoxy) is 1. The molecule has 2 aromatic rings. The number of anilines is 1. The van der Waals surface area contributed by atoms with Gasteiger partial charge in [-0.25, -0.2) is 4.98 Å². The standard InChI is InChI=1S/C22H30N4O2/c1-14-7-21(28-3)15(2)6-16(14)11-26-12-17-8-19(20(27)9-18(17)13-26)25-22-10-23-4-5-24-22/h4-7,10,17-20,27H,8-9,11-13H2,1-3H3,(H,24,25)/t17-,18+,19-,20-/m1/s1. The van der Waals surface area contributed by atoms with Crippen LogP contribution in [-0.4, -0.2) is 52.3 Å². The third-order valence-electron chi connectivity index (χ3n) is 6.36. The maximum absolute atomic E-state index is 10.6. The lowest BCUT2D eigenvalue weighted by Crippen LogP contribution is -2.43. The summed E-state index contributed by atoms with van der Waals surface area (Å²) in [5.41, 5.74) is 3.83. The number of likely N-dealkylation sites (tertiary alicyclic amines) is 1. The van der Waals surface area contributed by atoms with Crippen molar-refractivity contribution in [1.29, 1.82) is 0 Å². The second-order valence-corrected chi connectivity index (χ2v) is 8.34. The van der Waals surface area contributed by atoms with E-state index in [9.17, 15) is 5.11 Å². The Morgan fingerprint density at radius 3 is 2.64 bits per heavy atom. The summed E-state index contributed by atoms with van der Waals surface area (Å²) in [6.07, 6.45) is 6.54. The highest BCUT2D eigenvalue weighted by molar-refractivity contribution is 5.41. The molecule has 2 N–H and O–H groups in total. The maximum Gasteiger partial charge on any atom is 0.144 e. The molecule has 1 aromatic carbocycles. The molecule has 0 unspecified atom stereocenters. The Kier molecular flexibility index (Phi) is 5.51. The molecule has 0 radical (unpaired) electrons. The number of hydrogen-bond acceptors (Lipinski definition) is 6. The van der Waals surface area contributed by atoms with E-state index in [0.29, 0.717) is 11.8 Å². The van der Waals surface area contributed by atoms with Crippen molar-refractivity contribution >= 4 is 5.82 Å². The molecule has 1 saturated heterocycles. The lowest BCUT2D eigenvalue weighted by molar-refractivity contribution is 0.0735. The molecule has 2 fully saturated rings. The summed E-state index contributed by atoms with van der Waals surface area (Å²) in [5.74, 6) is 2.87. The van der Waals surface area contributed by atoms with E-state index in [4.69, 9.17) is 4.74 Å². The molecule has 28 heavy (non-hydrogen) atoms. The highest BCUT2D eigenvalue weighted by Gasteiger charge is 2.41. The minimum Gasteiger partial charge on any atom is -0.496 e. The van der Waals surface area contributed by atoms with Crippen LogP contribution in [-0.2, 0) is 6.54 Å². The second kappa shape index (κ2) is 8.05. The summed E-state index contributed by atoms with van der Waals surface area (Å²) in [6, 6.07) is 4.44. The van der Waals surface area contributed by atoms with Gasteiger partial charge in [0, 0.05) is 32.0 Å². The van der Waals surface area contributed by atoms with Gasteiger partial charge in [-0.15, -0.1) is 0 Å². The molecule has 6 heteroatoms. The topological polar surface area (TPSA) is 70.5 Å². The Labute approximate surface area is 167 Å². The van der Waals surface area contributed by atoms with Crippen LogP contribution < -0.4 is 10.1 Å². The monoisotopic (exact) mass is 382 g/mol. The molecule has 0 spiro atoms. The molecule has 6 nitrogen and oxygen atoms in total. The number of fused-ring (bicyclic) bond motifs is 1. The largest absolute Gasteiger partial charge is 0.496 e. The van der Waals surface area contributed by atoms with Crippen molar-refractivity contribution < 1.29 is 9.84 Å². The second-order valence-electron chi connectivity index (χ2n) is 8.34. The van der Waals surface area contributed by atoms with Gasteiger partial charge in [0.1, 0.15) is 11.6 Å². The molecule has 1 aliphatic carbocycles. The Morgan fingerprint density at radius 1 is 1.14 bits per heavy atom. The molecule has 4 atom stereocenters. The van der Waals surface area contributed by atoms with E-state index in [1.165, 1.54) is 16.7 Å². The van der Waals surface area contributed by atoms with Crippen LogP contribution in [0.25, 0.3) is 0 Å². The van der Waals surface area contributed by atoms with Gasteiger partial charge in [-0.2, -0.15) is 0 Å². The van der Waals surface area contributed by atoms with Gasteiger partial charge in [-0.3, -0.25) is 9.88 Å². The Morgan fingerprint density at radius 2 is 1.93 bits per heavy atom. The van der Waals surface area contributed by atoms with E-state index in [1.807, 2.05) is 0 Å². The average molecular weight is 383 g/mol. The molecule has 0 amide bonds. The van der Waals surface area contributed by atoms with Gasteiger partial charge >= 0.3 is 0 Å². The molecule has 1 aliphatic heterocycles. The predicted molar refractivity (Wildman–Crippen MR) is 109 cm³/mol. The van der Waals surface area contributed by atoms with Crippen LogP contribution in [0.2, 0.25) is 0 Å². The third kappa shape index (κ3) is 3.98. The molecule has 1 aromatic heterocycles. The van der Waals surface area contributed by atoms with E-state index in [-0.39, 0.29) is 12.1 Å². The van der Waals surface area contributed by atoms with Gasteiger partial charge in [0.05, 0.1) is 25.5 Å². The summed E-state index contributed by atoms with van der Waals surface area (Å²) in [7, 11) is 1.73. The van der Waals surface area contributed by atoms with Gasteiger partial charge < -0.3 is 15.2 Å². The third-order valence-corrected chi connectivity index (χ3v) is 6.36. The number of methoxy groups -OCH3 is 1. The number of aromatic nitrogens is 2. The van der Waals surface area contributed by atoms with E-state index >= 15 is 0 Å². The van der Waals surface area contributed by atoms with Crippen LogP contribution in [0.1, 0.15) is 29.5 Å². The Hall–Kier alpha value is -2.18. The van der Waals surface area contributed by atoms with Crippen molar-refractivity contribution in [2.45, 2.75) is 45.4 Å². The number of aryl methyl sites for hydroxylation is 2. The van der Waals surface area contributed by atoms with Crippen molar-refractivity contribution in [2.75, 3.05) is 25.5 Å². The minimum absolute atomic E-state index is 0.0443. The first kappa shape index (κ1) is 19.2. The quantitative estimate of drug-likeness (QED) is 0.829. The molecular weight excluding hydrogens is 352 g/mol. The number of aliphatic hydroxyl groups is 1.